The predicted octanol–water partition coefficient (Wildman–Crippen LogP) is 0.982. The van der Waals surface area contributed by atoms with E-state index in [4.69, 9.17) is 0 Å². The molecule has 1 rings (SSSR count). The summed E-state index contributed by atoms with van der Waals surface area (Å²) in [5, 5.41) is 0. The molecule has 0 saturated carbocycles. The highest BCUT2D eigenvalue weighted by molar-refractivity contribution is 7.81. The van der Waals surface area contributed by atoms with Gasteiger partial charge >= 0.3 is 10.5 Å². The first-order valence-electron chi connectivity index (χ1n) is 4.25. The van der Waals surface area contributed by atoms with E-state index in [-0.39, 0.29) is 11.7 Å². The van der Waals surface area contributed by atoms with Gasteiger partial charge in [0.1, 0.15) is 5.75 Å². The Morgan fingerprint density at radius 3 is 2.12 bits per heavy atom. The van der Waals surface area contributed by atoms with Crippen LogP contribution in [0.4, 0.5) is 3.89 Å². The van der Waals surface area contributed by atoms with E-state index in [1.165, 1.54) is 29.2 Å². The molecule has 16 heavy (non-hydrogen) atoms. The van der Waals surface area contributed by atoms with E-state index in [0.717, 1.165) is 0 Å². The van der Waals surface area contributed by atoms with Gasteiger partial charge in [-0.2, -0.15) is 8.42 Å². The first-order valence-corrected chi connectivity index (χ1v) is 5.56. The average Bonchev–Trinajstić information content (AvgIpc) is 2.15. The van der Waals surface area contributed by atoms with Crippen LogP contribution in [-0.4, -0.2) is 33.3 Å². The van der Waals surface area contributed by atoms with Crippen LogP contribution in [-0.2, 0) is 10.5 Å². The summed E-state index contributed by atoms with van der Waals surface area (Å²) in [7, 11) is -1.86. The molecule has 1 aromatic carbocycles. The summed E-state index contributed by atoms with van der Waals surface area (Å²) >= 11 is 0. The molecule has 0 aliphatic carbocycles. The molecular formula is C9H10FNO4S. The summed E-state index contributed by atoms with van der Waals surface area (Å²) in [5.41, 5.74) is 0.355. The number of nitrogens with zero attached hydrogens (tertiary/aromatic N) is 1. The van der Waals surface area contributed by atoms with Crippen LogP contribution < -0.4 is 4.18 Å². The molecule has 0 radical (unpaired) electrons. The second-order valence-electron chi connectivity index (χ2n) is 3.20. The Labute approximate surface area is 92.9 Å². The number of hydrogen-bond acceptors (Lipinski definition) is 4. The Morgan fingerprint density at radius 2 is 1.75 bits per heavy atom. The lowest BCUT2D eigenvalue weighted by Gasteiger charge is -2.10. The lowest BCUT2D eigenvalue weighted by Crippen LogP contribution is -2.21. The zero-order valence-corrected chi connectivity index (χ0v) is 9.49. The van der Waals surface area contributed by atoms with Gasteiger partial charge in [-0.05, 0) is 24.3 Å². The van der Waals surface area contributed by atoms with Crippen molar-refractivity contribution in [2.24, 2.45) is 0 Å². The number of carbonyl (C=O) groups is 1. The summed E-state index contributed by atoms with van der Waals surface area (Å²) in [5.74, 6) is -0.424. The van der Waals surface area contributed by atoms with Crippen LogP contribution in [0.25, 0.3) is 0 Å². The summed E-state index contributed by atoms with van der Waals surface area (Å²) < 4.78 is 36.4. The zero-order valence-electron chi connectivity index (χ0n) is 8.68. The van der Waals surface area contributed by atoms with Gasteiger partial charge < -0.3 is 9.08 Å². The van der Waals surface area contributed by atoms with Crippen LogP contribution in [0.3, 0.4) is 0 Å². The first-order chi connectivity index (χ1) is 7.29. The molecule has 7 heteroatoms. The summed E-state index contributed by atoms with van der Waals surface area (Å²) in [6, 6.07) is 5.10. The fourth-order valence-electron chi connectivity index (χ4n) is 1.03. The molecule has 0 spiro atoms. The number of hydrogen-bond donors (Lipinski definition) is 0. The topological polar surface area (TPSA) is 63.7 Å². The lowest BCUT2D eigenvalue weighted by atomic mass is 10.2. The van der Waals surface area contributed by atoms with Crippen molar-refractivity contribution in [3.63, 3.8) is 0 Å². The Hall–Kier alpha value is -1.63. The van der Waals surface area contributed by atoms with Gasteiger partial charge in [-0.3, -0.25) is 4.79 Å². The van der Waals surface area contributed by atoms with E-state index in [1.54, 1.807) is 14.1 Å². The molecule has 0 aliphatic rings. The molecule has 0 heterocycles. The van der Waals surface area contributed by atoms with Crippen molar-refractivity contribution in [3.8, 4) is 5.75 Å². The molecule has 0 unspecified atom stereocenters. The maximum absolute atomic E-state index is 12.1. The van der Waals surface area contributed by atoms with Gasteiger partial charge in [0.05, 0.1) is 0 Å². The SMILES string of the molecule is CN(C)C(=O)c1ccc(OS(=O)(=O)F)cc1. The van der Waals surface area contributed by atoms with Crippen molar-refractivity contribution in [2.75, 3.05) is 14.1 Å². The molecule has 1 amide bonds. The Morgan fingerprint density at radius 1 is 1.25 bits per heavy atom. The molecule has 88 valence electrons. The minimum Gasteiger partial charge on any atom is -0.358 e. The minimum atomic E-state index is -5.02. The Balaban J connectivity index is 2.88. The van der Waals surface area contributed by atoms with Crippen LogP contribution in [0, 0.1) is 0 Å². The fraction of sp³-hybridized carbons (Fsp3) is 0.222. The first kappa shape index (κ1) is 12.4. The standard InChI is InChI=1S/C9H10FNO4S/c1-11(2)9(12)7-3-5-8(6-4-7)15-16(10,13)14/h3-6H,1-2H3. The average molecular weight is 247 g/mol. The van der Waals surface area contributed by atoms with Gasteiger partial charge in [-0.25, -0.2) is 0 Å². The van der Waals surface area contributed by atoms with Crippen LogP contribution >= 0.6 is 0 Å². The second kappa shape index (κ2) is 4.48. The highest BCUT2D eigenvalue weighted by Crippen LogP contribution is 2.15. The van der Waals surface area contributed by atoms with E-state index in [1.807, 2.05) is 0 Å². The van der Waals surface area contributed by atoms with Crippen molar-refractivity contribution < 1.29 is 21.3 Å². The predicted molar refractivity (Wildman–Crippen MR) is 55.1 cm³/mol. The minimum absolute atomic E-state index is 0.183. The number of halogens is 1. The van der Waals surface area contributed by atoms with Gasteiger partial charge in [-0.1, -0.05) is 3.89 Å². The van der Waals surface area contributed by atoms with Crippen molar-refractivity contribution in [3.05, 3.63) is 29.8 Å². The summed E-state index contributed by atoms with van der Waals surface area (Å²) in [6.45, 7) is 0. The zero-order chi connectivity index (χ0) is 12.3. The van der Waals surface area contributed by atoms with Gasteiger partial charge in [0, 0.05) is 19.7 Å². The molecule has 0 bridgehead atoms. The van der Waals surface area contributed by atoms with Gasteiger partial charge in [0.25, 0.3) is 5.91 Å². The van der Waals surface area contributed by atoms with Crippen LogP contribution in [0.15, 0.2) is 24.3 Å². The summed E-state index contributed by atoms with van der Waals surface area (Å²) in [4.78, 5) is 12.8. The summed E-state index contributed by atoms with van der Waals surface area (Å²) in [6.07, 6.45) is 0. The lowest BCUT2D eigenvalue weighted by molar-refractivity contribution is 0.0827. The molecule has 5 nitrogen and oxygen atoms in total. The van der Waals surface area contributed by atoms with E-state index >= 15 is 0 Å². The molecule has 0 aromatic heterocycles. The maximum atomic E-state index is 12.1. The van der Waals surface area contributed by atoms with E-state index < -0.39 is 10.5 Å². The molecular weight excluding hydrogens is 237 g/mol. The number of rotatable bonds is 3. The Kier molecular flexibility index (Phi) is 3.48. The Bertz CT molecular complexity index is 481. The van der Waals surface area contributed by atoms with Gasteiger partial charge in [0.2, 0.25) is 0 Å². The molecule has 0 N–H and O–H groups in total. The number of amides is 1. The van der Waals surface area contributed by atoms with Crippen molar-refractivity contribution in [2.45, 2.75) is 0 Å². The van der Waals surface area contributed by atoms with Gasteiger partial charge in [0.15, 0.2) is 0 Å². The van der Waals surface area contributed by atoms with Gasteiger partial charge in [-0.15, -0.1) is 0 Å². The monoisotopic (exact) mass is 247 g/mol. The highest BCUT2D eigenvalue weighted by atomic mass is 32.3. The molecule has 0 fully saturated rings. The highest BCUT2D eigenvalue weighted by Gasteiger charge is 2.11. The van der Waals surface area contributed by atoms with Crippen LogP contribution in [0.1, 0.15) is 10.4 Å². The third kappa shape index (κ3) is 3.50. The largest absolute Gasteiger partial charge is 0.488 e. The second-order valence-corrected chi connectivity index (χ2v) is 4.15. The normalized spacial score (nSPS) is 10.9. The molecule has 1 aromatic rings. The van der Waals surface area contributed by atoms with Crippen molar-refractivity contribution >= 4 is 16.4 Å². The van der Waals surface area contributed by atoms with E-state index in [0.29, 0.717) is 5.56 Å². The maximum Gasteiger partial charge on any atom is 0.488 e. The third-order valence-corrected chi connectivity index (χ3v) is 2.09. The molecule has 0 aliphatic heterocycles. The van der Waals surface area contributed by atoms with E-state index in [9.17, 15) is 17.1 Å². The van der Waals surface area contributed by atoms with Crippen LogP contribution in [0.5, 0.6) is 5.75 Å². The quantitative estimate of drug-likeness (QED) is 0.747. The van der Waals surface area contributed by atoms with Crippen molar-refractivity contribution in [1.82, 2.24) is 4.90 Å². The number of benzene rings is 1. The number of carbonyl (C=O) groups excluding carboxylic acids is 1. The smallest absolute Gasteiger partial charge is 0.358 e. The molecule has 0 atom stereocenters. The fourth-order valence-corrected chi connectivity index (χ4v) is 1.37. The van der Waals surface area contributed by atoms with Crippen LogP contribution in [0.2, 0.25) is 0 Å². The van der Waals surface area contributed by atoms with E-state index in [2.05, 4.69) is 4.18 Å². The molecule has 0 saturated heterocycles. The third-order valence-electron chi connectivity index (χ3n) is 1.70. The van der Waals surface area contributed by atoms with Crippen molar-refractivity contribution in [1.29, 1.82) is 0 Å².